The number of benzene rings is 2. The van der Waals surface area contributed by atoms with E-state index >= 15 is 0 Å². The summed E-state index contributed by atoms with van der Waals surface area (Å²) < 4.78 is 11.8. The summed E-state index contributed by atoms with van der Waals surface area (Å²) in [6.07, 6.45) is 0.111. The summed E-state index contributed by atoms with van der Waals surface area (Å²) in [6.45, 7) is 1.70. The monoisotopic (exact) mass is 478 g/mol. The Balaban J connectivity index is 1.83. The first-order valence-electron chi connectivity index (χ1n) is 11.0. The van der Waals surface area contributed by atoms with Crippen LogP contribution in [-0.2, 0) is 33.8 Å². The largest absolute Gasteiger partial charge is 0.445 e. The second-order valence-electron chi connectivity index (χ2n) is 8.47. The van der Waals surface area contributed by atoms with Crippen LogP contribution >= 0.6 is 0 Å². The van der Waals surface area contributed by atoms with E-state index in [1.165, 1.54) is 18.9 Å². The fourth-order valence-electron chi connectivity index (χ4n) is 4.20. The third-order valence-corrected chi connectivity index (χ3v) is 5.97. The number of anilines is 2. The van der Waals surface area contributed by atoms with Crippen molar-refractivity contribution >= 4 is 23.4 Å². The summed E-state index contributed by atoms with van der Waals surface area (Å²) in [5.41, 5.74) is 4.69. The molecule has 1 amide bonds. The summed E-state index contributed by atoms with van der Waals surface area (Å²) in [6, 6.07) is 15.9. The SMILES string of the molecule is COCCn1c(N)c(N(Cc2ccccc2)C(=O)C2(C)Cc3ccccc3C(=O)O2)c(=O)[nH]c1=O. The average molecular weight is 479 g/mol. The number of amides is 1. The lowest BCUT2D eigenvalue weighted by atomic mass is 9.88. The topological polar surface area (TPSA) is 137 Å². The number of nitrogen functional groups attached to an aromatic ring is 1. The zero-order valence-electron chi connectivity index (χ0n) is 19.4. The molecular weight excluding hydrogens is 452 g/mol. The number of nitrogens with zero attached hydrogens (tertiary/aromatic N) is 2. The van der Waals surface area contributed by atoms with Gasteiger partial charge in [-0.15, -0.1) is 0 Å². The van der Waals surface area contributed by atoms with Gasteiger partial charge in [0.15, 0.2) is 11.3 Å². The number of cyclic esters (lactones) is 1. The van der Waals surface area contributed by atoms with Gasteiger partial charge in [0, 0.05) is 13.5 Å². The molecule has 10 nitrogen and oxygen atoms in total. The van der Waals surface area contributed by atoms with Crippen molar-refractivity contribution in [3.8, 4) is 0 Å². The number of carbonyl (C=O) groups is 2. The van der Waals surface area contributed by atoms with Crippen LogP contribution in [0.1, 0.15) is 28.4 Å². The summed E-state index contributed by atoms with van der Waals surface area (Å²) in [5, 5.41) is 0. The fourth-order valence-corrected chi connectivity index (χ4v) is 4.20. The van der Waals surface area contributed by atoms with E-state index in [1.807, 2.05) is 6.07 Å². The number of carbonyl (C=O) groups excluding carboxylic acids is 2. The van der Waals surface area contributed by atoms with Crippen molar-refractivity contribution in [1.29, 1.82) is 0 Å². The molecule has 0 radical (unpaired) electrons. The van der Waals surface area contributed by atoms with E-state index in [4.69, 9.17) is 15.2 Å². The van der Waals surface area contributed by atoms with Crippen LogP contribution < -0.4 is 21.9 Å². The number of nitrogens with two attached hydrogens (primary N) is 1. The molecule has 182 valence electrons. The van der Waals surface area contributed by atoms with E-state index < -0.39 is 28.7 Å². The molecule has 1 aliphatic heterocycles. The lowest BCUT2D eigenvalue weighted by molar-refractivity contribution is -0.137. The van der Waals surface area contributed by atoms with Gasteiger partial charge >= 0.3 is 11.7 Å². The van der Waals surface area contributed by atoms with Crippen LogP contribution in [0.15, 0.2) is 64.2 Å². The predicted octanol–water partition coefficient (Wildman–Crippen LogP) is 1.47. The normalized spacial score (nSPS) is 16.9. The van der Waals surface area contributed by atoms with Crippen LogP contribution in [0.4, 0.5) is 11.5 Å². The van der Waals surface area contributed by atoms with Gasteiger partial charge in [0.2, 0.25) is 0 Å². The van der Waals surface area contributed by atoms with Crippen molar-refractivity contribution in [2.75, 3.05) is 24.4 Å². The average Bonchev–Trinajstić information content (AvgIpc) is 2.83. The Hall–Kier alpha value is -4.18. The first-order chi connectivity index (χ1) is 16.7. The van der Waals surface area contributed by atoms with Gasteiger partial charge in [-0.3, -0.25) is 24.0 Å². The quantitative estimate of drug-likeness (QED) is 0.491. The Morgan fingerprint density at radius 3 is 2.54 bits per heavy atom. The van der Waals surface area contributed by atoms with E-state index in [9.17, 15) is 19.2 Å². The van der Waals surface area contributed by atoms with Gasteiger partial charge in [0.05, 0.1) is 25.3 Å². The smallest absolute Gasteiger partial charge is 0.339 e. The van der Waals surface area contributed by atoms with Crippen molar-refractivity contribution < 1.29 is 19.1 Å². The third-order valence-electron chi connectivity index (χ3n) is 5.97. The van der Waals surface area contributed by atoms with Crippen molar-refractivity contribution in [3.05, 3.63) is 92.1 Å². The van der Waals surface area contributed by atoms with Crippen molar-refractivity contribution in [3.63, 3.8) is 0 Å². The standard InChI is InChI=1S/C25H26N4O6/c1-25(14-17-10-6-7-11-18(17)22(31)35-25)23(32)29(15-16-8-4-3-5-9-16)19-20(26)28(12-13-34-2)24(33)27-21(19)30/h3-11H,12-15,26H2,1-2H3,(H,27,30,33). The van der Waals surface area contributed by atoms with Crippen LogP contribution in [-0.4, -0.2) is 40.7 Å². The lowest BCUT2D eigenvalue weighted by Gasteiger charge is -2.37. The van der Waals surface area contributed by atoms with Gasteiger partial charge < -0.3 is 15.2 Å². The van der Waals surface area contributed by atoms with E-state index in [0.29, 0.717) is 16.7 Å². The van der Waals surface area contributed by atoms with Gasteiger partial charge in [-0.25, -0.2) is 9.59 Å². The molecule has 0 saturated heterocycles. The Kier molecular flexibility index (Phi) is 6.57. The predicted molar refractivity (Wildman–Crippen MR) is 129 cm³/mol. The second kappa shape index (κ2) is 9.59. The van der Waals surface area contributed by atoms with Crippen LogP contribution in [0.25, 0.3) is 0 Å². The van der Waals surface area contributed by atoms with Crippen LogP contribution in [0.5, 0.6) is 0 Å². The fraction of sp³-hybridized carbons (Fsp3) is 0.280. The summed E-state index contributed by atoms with van der Waals surface area (Å²) in [5.74, 6) is -1.46. The van der Waals surface area contributed by atoms with Gasteiger partial charge in [0.25, 0.3) is 11.5 Å². The maximum absolute atomic E-state index is 14.0. The van der Waals surface area contributed by atoms with Gasteiger partial charge in [-0.05, 0) is 24.1 Å². The van der Waals surface area contributed by atoms with Gasteiger partial charge in [0.1, 0.15) is 5.82 Å². The molecule has 1 aliphatic rings. The number of hydrogen-bond acceptors (Lipinski definition) is 7. The molecule has 3 aromatic rings. The molecule has 3 N–H and O–H groups in total. The number of fused-ring (bicyclic) bond motifs is 1. The molecule has 4 rings (SSSR count). The Bertz CT molecular complexity index is 1380. The number of rotatable bonds is 7. The van der Waals surface area contributed by atoms with E-state index in [0.717, 1.165) is 4.57 Å². The zero-order chi connectivity index (χ0) is 25.2. The molecule has 35 heavy (non-hydrogen) atoms. The third kappa shape index (κ3) is 4.60. The molecule has 2 heterocycles. The molecule has 10 heteroatoms. The molecule has 1 unspecified atom stereocenters. The molecule has 1 atom stereocenters. The van der Waals surface area contributed by atoms with Crippen LogP contribution in [0.3, 0.4) is 0 Å². The number of hydrogen-bond donors (Lipinski definition) is 2. The van der Waals surface area contributed by atoms with E-state index in [-0.39, 0.29) is 37.6 Å². The minimum atomic E-state index is -1.60. The zero-order valence-corrected chi connectivity index (χ0v) is 19.4. The maximum Gasteiger partial charge on any atom is 0.339 e. The molecule has 0 bridgehead atoms. The van der Waals surface area contributed by atoms with Crippen molar-refractivity contribution in [2.24, 2.45) is 0 Å². The number of methoxy groups -OCH3 is 1. The highest BCUT2D eigenvalue weighted by Crippen LogP contribution is 2.32. The minimum Gasteiger partial charge on any atom is -0.445 e. The molecule has 0 fully saturated rings. The van der Waals surface area contributed by atoms with Gasteiger partial charge in [-0.1, -0.05) is 48.5 Å². The minimum absolute atomic E-state index is 0.0375. The first kappa shape index (κ1) is 24.0. The molecule has 1 aromatic heterocycles. The number of nitrogens with one attached hydrogen (secondary N) is 1. The molecular formula is C25H26N4O6. The Morgan fingerprint density at radius 2 is 1.83 bits per heavy atom. The van der Waals surface area contributed by atoms with E-state index in [2.05, 4.69) is 4.98 Å². The lowest BCUT2D eigenvalue weighted by Crippen LogP contribution is -2.54. The summed E-state index contributed by atoms with van der Waals surface area (Å²) >= 11 is 0. The summed E-state index contributed by atoms with van der Waals surface area (Å²) in [4.78, 5) is 55.6. The molecule has 0 spiro atoms. The molecule has 2 aromatic carbocycles. The highest BCUT2D eigenvalue weighted by molar-refractivity contribution is 6.04. The Morgan fingerprint density at radius 1 is 1.14 bits per heavy atom. The summed E-state index contributed by atoms with van der Waals surface area (Å²) in [7, 11) is 1.47. The van der Waals surface area contributed by atoms with Crippen LogP contribution in [0.2, 0.25) is 0 Å². The number of aromatic nitrogens is 2. The van der Waals surface area contributed by atoms with Crippen molar-refractivity contribution in [1.82, 2.24) is 9.55 Å². The Labute approximate surface area is 200 Å². The van der Waals surface area contributed by atoms with Crippen molar-refractivity contribution in [2.45, 2.75) is 32.0 Å². The number of ether oxygens (including phenoxy) is 2. The molecule has 0 saturated carbocycles. The van der Waals surface area contributed by atoms with Gasteiger partial charge in [-0.2, -0.15) is 0 Å². The second-order valence-corrected chi connectivity index (χ2v) is 8.47. The highest BCUT2D eigenvalue weighted by Gasteiger charge is 2.46. The number of esters is 1. The van der Waals surface area contributed by atoms with Crippen LogP contribution in [0, 0.1) is 0 Å². The van der Waals surface area contributed by atoms with E-state index in [1.54, 1.807) is 48.5 Å². The highest BCUT2D eigenvalue weighted by atomic mass is 16.6. The number of aromatic amines is 1. The number of H-pyrrole nitrogens is 1. The molecule has 0 aliphatic carbocycles. The first-order valence-corrected chi connectivity index (χ1v) is 11.0. The maximum atomic E-state index is 14.0.